The van der Waals surface area contributed by atoms with Crippen LogP contribution in [-0.4, -0.2) is 41.6 Å². The van der Waals surface area contributed by atoms with E-state index in [2.05, 4.69) is 34.5 Å². The van der Waals surface area contributed by atoms with Gasteiger partial charge < -0.3 is 14.8 Å². The summed E-state index contributed by atoms with van der Waals surface area (Å²) in [6.07, 6.45) is 9.04. The summed E-state index contributed by atoms with van der Waals surface area (Å²) in [5.74, 6) is -0.172. The van der Waals surface area contributed by atoms with Crippen LogP contribution in [-0.2, 0) is 12.8 Å². The summed E-state index contributed by atoms with van der Waals surface area (Å²) < 4.78 is 1.85. The van der Waals surface area contributed by atoms with Crippen LogP contribution in [0.5, 0.6) is 0 Å². The van der Waals surface area contributed by atoms with Gasteiger partial charge in [0, 0.05) is 25.0 Å². The third-order valence-corrected chi connectivity index (χ3v) is 5.74. The Labute approximate surface area is 160 Å². The van der Waals surface area contributed by atoms with Crippen LogP contribution < -0.4 is 5.32 Å². The van der Waals surface area contributed by atoms with E-state index < -0.39 is 0 Å². The highest BCUT2D eigenvalue weighted by molar-refractivity contribution is 5.95. The standard InChI is InChI=1S/C22H26N4O/c23-16-19-9-13-26(20-8-7-17-5-4-6-18(17)15-20)21(19)22(27)24-10-14-25-11-2-1-3-12-25/h7-9,13,15H,1-6,10-12,14H2,(H,24,27). The molecule has 0 atom stereocenters. The van der Waals surface area contributed by atoms with Gasteiger partial charge in [-0.05, 0) is 74.5 Å². The molecular weight excluding hydrogens is 336 g/mol. The van der Waals surface area contributed by atoms with Crippen molar-refractivity contribution in [2.45, 2.75) is 38.5 Å². The zero-order valence-electron chi connectivity index (χ0n) is 15.7. The summed E-state index contributed by atoms with van der Waals surface area (Å²) in [6.45, 7) is 3.71. The second-order valence-electron chi connectivity index (χ2n) is 7.52. The summed E-state index contributed by atoms with van der Waals surface area (Å²) in [5, 5.41) is 12.5. The molecule has 0 bridgehead atoms. The number of rotatable bonds is 5. The number of hydrogen-bond donors (Lipinski definition) is 1. The summed E-state index contributed by atoms with van der Waals surface area (Å²) >= 11 is 0. The van der Waals surface area contributed by atoms with Gasteiger partial charge in [0.05, 0.1) is 5.56 Å². The van der Waals surface area contributed by atoms with Crippen molar-refractivity contribution >= 4 is 5.91 Å². The van der Waals surface area contributed by atoms with E-state index in [9.17, 15) is 10.1 Å². The third kappa shape index (κ3) is 3.77. The molecule has 1 saturated heterocycles. The highest BCUT2D eigenvalue weighted by atomic mass is 16.1. The van der Waals surface area contributed by atoms with E-state index in [1.807, 2.05) is 10.8 Å². The smallest absolute Gasteiger partial charge is 0.269 e. The molecule has 0 saturated carbocycles. The van der Waals surface area contributed by atoms with Crippen LogP contribution >= 0.6 is 0 Å². The van der Waals surface area contributed by atoms with Gasteiger partial charge in [0.1, 0.15) is 11.8 Å². The Morgan fingerprint density at radius 1 is 1.07 bits per heavy atom. The molecule has 2 heterocycles. The second-order valence-corrected chi connectivity index (χ2v) is 7.52. The Hall–Kier alpha value is -2.58. The second kappa shape index (κ2) is 7.98. The van der Waals surface area contributed by atoms with Gasteiger partial charge >= 0.3 is 0 Å². The van der Waals surface area contributed by atoms with E-state index in [1.54, 1.807) is 6.07 Å². The Bertz CT molecular complexity index is 871. The molecule has 1 fully saturated rings. The minimum atomic E-state index is -0.172. The van der Waals surface area contributed by atoms with Gasteiger partial charge in [0.2, 0.25) is 0 Å². The summed E-state index contributed by atoms with van der Waals surface area (Å²) in [7, 11) is 0. The fraction of sp³-hybridized carbons (Fsp3) is 0.455. The lowest BCUT2D eigenvalue weighted by atomic mass is 10.1. The number of fused-ring (bicyclic) bond motifs is 1. The highest BCUT2D eigenvalue weighted by Crippen LogP contribution is 2.26. The minimum absolute atomic E-state index is 0.172. The SMILES string of the molecule is N#Cc1ccn(-c2ccc3c(c2)CCC3)c1C(=O)NCCN1CCCCC1. The topological polar surface area (TPSA) is 61.1 Å². The predicted molar refractivity (Wildman–Crippen MR) is 105 cm³/mol. The molecule has 1 aliphatic heterocycles. The van der Waals surface area contributed by atoms with Gasteiger partial charge in [0.15, 0.2) is 0 Å². The van der Waals surface area contributed by atoms with E-state index in [0.29, 0.717) is 17.8 Å². The Morgan fingerprint density at radius 2 is 1.89 bits per heavy atom. The van der Waals surface area contributed by atoms with Crippen LogP contribution in [0.1, 0.15) is 52.9 Å². The monoisotopic (exact) mass is 362 g/mol. The van der Waals surface area contributed by atoms with Crippen molar-refractivity contribution in [1.29, 1.82) is 5.26 Å². The van der Waals surface area contributed by atoms with Crippen molar-refractivity contribution in [2.75, 3.05) is 26.2 Å². The molecule has 0 spiro atoms. The van der Waals surface area contributed by atoms with Gasteiger partial charge in [-0.1, -0.05) is 12.5 Å². The van der Waals surface area contributed by atoms with Crippen LogP contribution in [0.15, 0.2) is 30.5 Å². The van der Waals surface area contributed by atoms with E-state index in [1.165, 1.54) is 36.8 Å². The Morgan fingerprint density at radius 3 is 2.70 bits per heavy atom. The first-order chi connectivity index (χ1) is 13.3. The molecule has 1 aromatic carbocycles. The Kier molecular flexibility index (Phi) is 5.26. The molecule has 1 aliphatic carbocycles. The molecule has 5 nitrogen and oxygen atoms in total. The van der Waals surface area contributed by atoms with Crippen molar-refractivity contribution in [1.82, 2.24) is 14.8 Å². The molecule has 0 unspecified atom stereocenters. The van der Waals surface area contributed by atoms with Gasteiger partial charge in [0.25, 0.3) is 5.91 Å². The molecule has 2 aliphatic rings. The number of piperidine rings is 1. The van der Waals surface area contributed by atoms with Gasteiger partial charge in [-0.15, -0.1) is 0 Å². The normalized spacial score (nSPS) is 16.7. The van der Waals surface area contributed by atoms with Gasteiger partial charge in [-0.3, -0.25) is 4.79 Å². The zero-order valence-corrected chi connectivity index (χ0v) is 15.7. The lowest BCUT2D eigenvalue weighted by Crippen LogP contribution is -2.38. The summed E-state index contributed by atoms with van der Waals surface area (Å²) in [6, 6.07) is 10.3. The van der Waals surface area contributed by atoms with E-state index in [4.69, 9.17) is 0 Å². The number of hydrogen-bond acceptors (Lipinski definition) is 3. The fourth-order valence-corrected chi connectivity index (χ4v) is 4.27. The average molecular weight is 362 g/mol. The minimum Gasteiger partial charge on any atom is -0.349 e. The van der Waals surface area contributed by atoms with E-state index >= 15 is 0 Å². The molecule has 4 rings (SSSR count). The predicted octanol–water partition coefficient (Wildman–Crippen LogP) is 3.05. The number of amides is 1. The largest absolute Gasteiger partial charge is 0.349 e. The number of carbonyl (C=O) groups excluding carboxylic acids is 1. The van der Waals surface area contributed by atoms with Gasteiger partial charge in [-0.25, -0.2) is 0 Å². The maximum absolute atomic E-state index is 12.9. The number of aryl methyl sites for hydroxylation is 2. The quantitative estimate of drug-likeness (QED) is 0.889. The van der Waals surface area contributed by atoms with Crippen molar-refractivity contribution in [3.8, 4) is 11.8 Å². The van der Waals surface area contributed by atoms with Crippen LogP contribution in [0.2, 0.25) is 0 Å². The maximum Gasteiger partial charge on any atom is 0.269 e. The van der Waals surface area contributed by atoms with E-state index in [0.717, 1.165) is 38.2 Å². The number of aromatic nitrogens is 1. The van der Waals surface area contributed by atoms with Crippen LogP contribution in [0, 0.1) is 11.3 Å². The van der Waals surface area contributed by atoms with Gasteiger partial charge in [-0.2, -0.15) is 5.26 Å². The summed E-state index contributed by atoms with van der Waals surface area (Å²) in [5.41, 5.74) is 4.58. The molecule has 0 radical (unpaired) electrons. The van der Waals surface area contributed by atoms with Crippen molar-refractivity contribution < 1.29 is 4.79 Å². The first kappa shape index (κ1) is 17.8. The van der Waals surface area contributed by atoms with Crippen LogP contribution in [0.4, 0.5) is 0 Å². The zero-order chi connectivity index (χ0) is 18.6. The molecule has 1 amide bonds. The molecule has 27 heavy (non-hydrogen) atoms. The Balaban J connectivity index is 1.50. The average Bonchev–Trinajstić information content (AvgIpc) is 3.34. The fourth-order valence-electron chi connectivity index (χ4n) is 4.27. The number of carbonyl (C=O) groups is 1. The van der Waals surface area contributed by atoms with Crippen molar-refractivity contribution in [2.24, 2.45) is 0 Å². The molecule has 1 aromatic heterocycles. The highest BCUT2D eigenvalue weighted by Gasteiger charge is 2.20. The first-order valence-electron chi connectivity index (χ1n) is 10.0. The number of benzene rings is 1. The molecule has 140 valence electrons. The third-order valence-electron chi connectivity index (χ3n) is 5.74. The first-order valence-corrected chi connectivity index (χ1v) is 10.0. The van der Waals surface area contributed by atoms with Crippen LogP contribution in [0.25, 0.3) is 5.69 Å². The summed E-state index contributed by atoms with van der Waals surface area (Å²) in [4.78, 5) is 15.3. The number of nitriles is 1. The molecule has 2 aromatic rings. The van der Waals surface area contributed by atoms with Crippen LogP contribution in [0.3, 0.4) is 0 Å². The lowest BCUT2D eigenvalue weighted by Gasteiger charge is -2.26. The lowest BCUT2D eigenvalue weighted by molar-refractivity contribution is 0.0939. The van der Waals surface area contributed by atoms with Crippen molar-refractivity contribution in [3.05, 3.63) is 52.8 Å². The van der Waals surface area contributed by atoms with Crippen molar-refractivity contribution in [3.63, 3.8) is 0 Å². The number of nitrogens with zero attached hydrogens (tertiary/aromatic N) is 3. The molecule has 1 N–H and O–H groups in total. The number of nitrogens with one attached hydrogen (secondary N) is 1. The van der Waals surface area contributed by atoms with E-state index in [-0.39, 0.29) is 5.91 Å². The maximum atomic E-state index is 12.9. The molecular formula is C22H26N4O. The molecule has 5 heteroatoms. The number of likely N-dealkylation sites (tertiary alicyclic amines) is 1.